The topological polar surface area (TPSA) is 81.4 Å². The van der Waals surface area contributed by atoms with E-state index in [0.717, 1.165) is 16.4 Å². The van der Waals surface area contributed by atoms with E-state index in [1.807, 2.05) is 0 Å². The van der Waals surface area contributed by atoms with E-state index in [4.69, 9.17) is 5.26 Å². The van der Waals surface area contributed by atoms with Gasteiger partial charge in [-0.1, -0.05) is 0 Å². The Balaban J connectivity index is 3.31. The number of aliphatic hydroxyl groups excluding tert-OH is 1. The molecule has 1 atom stereocenters. The van der Waals surface area contributed by atoms with E-state index in [0.29, 0.717) is 0 Å². The molecule has 0 amide bonds. The van der Waals surface area contributed by atoms with Gasteiger partial charge in [0.2, 0.25) is 10.0 Å². The molecule has 0 radical (unpaired) electrons. The standard InChI is InChI=1S/C11H12BrFN2O3S/c1-7(16)6-15(2)19(17,18)11-4-9(12)8(5-14)3-10(11)13/h3-4,7,16H,6H2,1-2H3. The summed E-state index contributed by atoms with van der Waals surface area (Å²) in [6.07, 6.45) is -0.871. The van der Waals surface area contributed by atoms with Crippen molar-refractivity contribution >= 4 is 26.0 Å². The first-order valence-corrected chi connectivity index (χ1v) is 7.47. The maximum atomic E-state index is 13.8. The highest BCUT2D eigenvalue weighted by atomic mass is 79.9. The molecule has 0 aromatic heterocycles. The van der Waals surface area contributed by atoms with Crippen molar-refractivity contribution in [1.82, 2.24) is 4.31 Å². The fourth-order valence-electron chi connectivity index (χ4n) is 1.45. The van der Waals surface area contributed by atoms with Crippen molar-refractivity contribution < 1.29 is 17.9 Å². The number of hydrogen-bond acceptors (Lipinski definition) is 4. The van der Waals surface area contributed by atoms with E-state index in [1.165, 1.54) is 14.0 Å². The van der Waals surface area contributed by atoms with Crippen molar-refractivity contribution in [2.75, 3.05) is 13.6 Å². The molecule has 104 valence electrons. The van der Waals surface area contributed by atoms with Gasteiger partial charge >= 0.3 is 0 Å². The second-order valence-corrected chi connectivity index (χ2v) is 6.88. The number of nitrogens with zero attached hydrogens (tertiary/aromatic N) is 2. The number of rotatable bonds is 4. The van der Waals surface area contributed by atoms with E-state index in [-0.39, 0.29) is 16.6 Å². The average molecular weight is 351 g/mol. The lowest BCUT2D eigenvalue weighted by atomic mass is 10.2. The van der Waals surface area contributed by atoms with Crippen LogP contribution in [0.5, 0.6) is 0 Å². The van der Waals surface area contributed by atoms with Gasteiger partial charge in [-0.3, -0.25) is 0 Å². The molecule has 1 unspecified atom stereocenters. The van der Waals surface area contributed by atoms with Crippen LogP contribution in [0, 0.1) is 17.1 Å². The molecular weight excluding hydrogens is 339 g/mol. The highest BCUT2D eigenvalue weighted by Gasteiger charge is 2.26. The molecule has 19 heavy (non-hydrogen) atoms. The fraction of sp³-hybridized carbons (Fsp3) is 0.364. The molecule has 0 bridgehead atoms. The van der Waals surface area contributed by atoms with Crippen LogP contribution in [-0.2, 0) is 10.0 Å². The zero-order chi connectivity index (χ0) is 14.8. The molecule has 1 aromatic rings. The first-order chi connectivity index (χ1) is 8.70. The van der Waals surface area contributed by atoms with E-state index in [9.17, 15) is 17.9 Å². The van der Waals surface area contributed by atoms with Crippen molar-refractivity contribution in [2.24, 2.45) is 0 Å². The molecule has 0 fully saturated rings. The summed E-state index contributed by atoms with van der Waals surface area (Å²) in [4.78, 5) is -0.540. The Morgan fingerprint density at radius 2 is 2.16 bits per heavy atom. The molecule has 0 spiro atoms. The van der Waals surface area contributed by atoms with Gasteiger partial charge in [-0.25, -0.2) is 12.8 Å². The molecule has 0 aliphatic carbocycles. The van der Waals surface area contributed by atoms with Crippen molar-refractivity contribution in [3.8, 4) is 6.07 Å². The molecule has 0 aliphatic rings. The van der Waals surface area contributed by atoms with Crippen LogP contribution in [0.25, 0.3) is 0 Å². The maximum Gasteiger partial charge on any atom is 0.245 e. The Labute approximate surface area is 119 Å². The van der Waals surface area contributed by atoms with Crippen molar-refractivity contribution in [3.63, 3.8) is 0 Å². The number of aliphatic hydroxyl groups is 1. The van der Waals surface area contributed by atoms with Gasteiger partial charge in [-0.2, -0.15) is 9.57 Å². The zero-order valence-corrected chi connectivity index (χ0v) is 12.7. The Kier molecular flexibility index (Phi) is 5.04. The molecule has 8 heteroatoms. The zero-order valence-electron chi connectivity index (χ0n) is 10.3. The fourth-order valence-corrected chi connectivity index (χ4v) is 3.35. The van der Waals surface area contributed by atoms with Gasteiger partial charge in [0.15, 0.2) is 0 Å². The van der Waals surface area contributed by atoms with E-state index >= 15 is 0 Å². The SMILES string of the molecule is CC(O)CN(C)S(=O)(=O)c1cc(Br)c(C#N)cc1F. The lowest BCUT2D eigenvalue weighted by Crippen LogP contribution is -2.33. The molecule has 1 aromatic carbocycles. The average Bonchev–Trinajstić information content (AvgIpc) is 2.30. The third-order valence-corrected chi connectivity index (χ3v) is 4.85. The van der Waals surface area contributed by atoms with Crippen LogP contribution >= 0.6 is 15.9 Å². The highest BCUT2D eigenvalue weighted by molar-refractivity contribution is 9.10. The summed E-state index contributed by atoms with van der Waals surface area (Å²) in [5.41, 5.74) is 0.00892. The summed E-state index contributed by atoms with van der Waals surface area (Å²) in [5.74, 6) is -1.00. The van der Waals surface area contributed by atoms with Crippen LogP contribution in [0.4, 0.5) is 4.39 Å². The lowest BCUT2D eigenvalue weighted by Gasteiger charge is -2.19. The quantitative estimate of drug-likeness (QED) is 0.891. The minimum absolute atomic E-state index is 0.00892. The van der Waals surface area contributed by atoms with Crippen LogP contribution in [0.2, 0.25) is 0 Å². The summed E-state index contributed by atoms with van der Waals surface area (Å²) >= 11 is 3.01. The summed E-state index contributed by atoms with van der Waals surface area (Å²) < 4.78 is 39.0. The predicted octanol–water partition coefficient (Wildman–Crippen LogP) is 1.46. The molecule has 0 heterocycles. The van der Waals surface area contributed by atoms with Crippen LogP contribution in [-0.4, -0.2) is 37.5 Å². The number of likely N-dealkylation sites (N-methyl/N-ethyl adjacent to an activating group) is 1. The largest absolute Gasteiger partial charge is 0.392 e. The predicted molar refractivity (Wildman–Crippen MR) is 70.3 cm³/mol. The Morgan fingerprint density at radius 3 is 2.63 bits per heavy atom. The van der Waals surface area contributed by atoms with Gasteiger partial charge < -0.3 is 5.11 Å². The summed E-state index contributed by atoms with van der Waals surface area (Å²) in [6, 6.07) is 3.64. The first kappa shape index (κ1) is 16.0. The van der Waals surface area contributed by atoms with Gasteiger partial charge in [0, 0.05) is 18.1 Å². The van der Waals surface area contributed by atoms with Crippen LogP contribution in [0.1, 0.15) is 12.5 Å². The van der Waals surface area contributed by atoms with Crippen molar-refractivity contribution in [1.29, 1.82) is 5.26 Å². The third-order valence-electron chi connectivity index (χ3n) is 2.35. The van der Waals surface area contributed by atoms with Gasteiger partial charge in [0.1, 0.15) is 16.8 Å². The molecular formula is C11H12BrFN2O3S. The maximum absolute atomic E-state index is 13.8. The smallest absolute Gasteiger partial charge is 0.245 e. The highest BCUT2D eigenvalue weighted by Crippen LogP contribution is 2.26. The number of benzene rings is 1. The van der Waals surface area contributed by atoms with Gasteiger partial charge in [-0.05, 0) is 35.0 Å². The van der Waals surface area contributed by atoms with Crippen molar-refractivity contribution in [3.05, 3.63) is 28.0 Å². The van der Waals surface area contributed by atoms with E-state index in [2.05, 4.69) is 15.9 Å². The molecule has 0 aliphatic heterocycles. The number of nitriles is 1. The Bertz CT molecular complexity index is 626. The van der Waals surface area contributed by atoms with Crippen LogP contribution in [0.3, 0.4) is 0 Å². The third kappa shape index (κ3) is 3.51. The Morgan fingerprint density at radius 1 is 1.58 bits per heavy atom. The number of hydrogen-bond donors (Lipinski definition) is 1. The monoisotopic (exact) mass is 350 g/mol. The molecule has 0 saturated carbocycles. The van der Waals surface area contributed by atoms with Gasteiger partial charge in [0.05, 0.1) is 11.7 Å². The minimum Gasteiger partial charge on any atom is -0.392 e. The summed E-state index contributed by atoms with van der Waals surface area (Å²) in [6.45, 7) is 1.27. The summed E-state index contributed by atoms with van der Waals surface area (Å²) in [7, 11) is -2.81. The van der Waals surface area contributed by atoms with E-state index in [1.54, 1.807) is 6.07 Å². The second-order valence-electron chi connectivity index (χ2n) is 4.01. The minimum atomic E-state index is -4.05. The summed E-state index contributed by atoms with van der Waals surface area (Å²) in [5, 5.41) is 17.9. The molecule has 1 N–H and O–H groups in total. The lowest BCUT2D eigenvalue weighted by molar-refractivity contribution is 0.171. The molecule has 5 nitrogen and oxygen atoms in total. The molecule has 0 saturated heterocycles. The first-order valence-electron chi connectivity index (χ1n) is 5.23. The Hall–Kier alpha value is -1.01. The van der Waals surface area contributed by atoms with Crippen molar-refractivity contribution in [2.45, 2.75) is 17.9 Å². The normalized spacial score (nSPS) is 13.3. The van der Waals surface area contributed by atoms with Gasteiger partial charge in [0.25, 0.3) is 0 Å². The van der Waals surface area contributed by atoms with E-state index < -0.39 is 26.8 Å². The van der Waals surface area contributed by atoms with Crippen LogP contribution in [0.15, 0.2) is 21.5 Å². The number of halogens is 2. The molecule has 1 rings (SSSR count). The second kappa shape index (κ2) is 5.96. The van der Waals surface area contributed by atoms with Gasteiger partial charge in [-0.15, -0.1) is 0 Å². The number of sulfonamides is 1. The van der Waals surface area contributed by atoms with Crippen LogP contribution < -0.4 is 0 Å².